The Labute approximate surface area is 286 Å². The Balaban J connectivity index is -0.000000219. The van der Waals surface area contributed by atoms with Gasteiger partial charge in [-0.3, -0.25) is 4.79 Å². The molecule has 0 saturated carbocycles. The van der Waals surface area contributed by atoms with E-state index in [1.807, 2.05) is 0 Å². The van der Waals surface area contributed by atoms with Gasteiger partial charge in [-0.1, -0.05) is 89.9 Å². The van der Waals surface area contributed by atoms with Gasteiger partial charge in [-0.15, -0.1) is 0 Å². The van der Waals surface area contributed by atoms with E-state index in [1.54, 1.807) is 6.92 Å². The van der Waals surface area contributed by atoms with Gasteiger partial charge in [0.15, 0.2) is 6.10 Å². The third kappa shape index (κ3) is 35.7. The normalized spacial score (nSPS) is 10.3. The van der Waals surface area contributed by atoms with E-state index in [0.29, 0.717) is 6.42 Å². The number of esters is 2. The summed E-state index contributed by atoms with van der Waals surface area (Å²) in [5, 5.41) is 0. The monoisotopic (exact) mass is 595 g/mol. The smallest absolute Gasteiger partial charge is 0.790 e. The molecular weight excluding hydrogens is 543 g/mol. The molecule has 0 heterocycles. The minimum absolute atomic E-state index is 0. The minimum atomic E-state index is -5.28. The molecule has 0 aliphatic rings. The van der Waals surface area contributed by atoms with Crippen molar-refractivity contribution in [2.45, 2.75) is 110 Å². The fraction of sp³-hybridized carbons (Fsp3) is 0.704. The molecule has 0 bridgehead atoms. The summed E-state index contributed by atoms with van der Waals surface area (Å²) in [7, 11) is -5.28. The van der Waals surface area contributed by atoms with Crippen molar-refractivity contribution in [3.8, 4) is 35.5 Å². The average molecular weight is 596 g/mol. The van der Waals surface area contributed by atoms with Crippen LogP contribution < -0.4 is 75.1 Å². The molecule has 12 heteroatoms. The summed E-state index contributed by atoms with van der Waals surface area (Å²) in [4.78, 5) is 45.2. The van der Waals surface area contributed by atoms with E-state index in [-0.39, 0.29) is 78.8 Å². The maximum atomic E-state index is 12.1. The second kappa shape index (κ2) is 32.2. The van der Waals surface area contributed by atoms with E-state index in [9.17, 15) is 23.9 Å². The number of phosphoric ester groups is 1. The number of carbonyl (C=O) groups excluding carboxylic acids is 2. The van der Waals surface area contributed by atoms with Gasteiger partial charge in [0.1, 0.15) is 6.61 Å². The fourth-order valence-electron chi connectivity index (χ4n) is 3.23. The first-order valence-corrected chi connectivity index (χ1v) is 14.2. The maximum Gasteiger partial charge on any atom is 1.00 e. The van der Waals surface area contributed by atoms with Gasteiger partial charge < -0.3 is 34.5 Å². The molecule has 9 nitrogen and oxygen atoms in total. The molecule has 0 aromatic rings. The molecule has 0 rings (SSSR count). The molecule has 0 aliphatic carbocycles. The van der Waals surface area contributed by atoms with Crippen molar-refractivity contribution < 1.29 is 104 Å². The predicted molar refractivity (Wildman–Crippen MR) is 149 cm³/mol. The molecule has 0 aromatic carbocycles. The Morgan fingerprint density at radius 1 is 0.795 bits per heavy atom. The van der Waals surface area contributed by atoms with Crippen LogP contribution in [0.5, 0.6) is 0 Å². The van der Waals surface area contributed by atoms with Crippen LogP contribution in [0.2, 0.25) is 0 Å². The van der Waals surface area contributed by atoms with Crippen LogP contribution in [0.3, 0.4) is 0 Å². The van der Waals surface area contributed by atoms with Gasteiger partial charge in [0, 0.05) is 19.5 Å². The molecule has 0 unspecified atom stereocenters. The van der Waals surface area contributed by atoms with Crippen molar-refractivity contribution in [3.63, 3.8) is 0 Å². The number of ether oxygens (including phenoxy) is 2. The van der Waals surface area contributed by atoms with Gasteiger partial charge in [0.25, 0.3) is 0 Å². The van der Waals surface area contributed by atoms with E-state index >= 15 is 0 Å². The van der Waals surface area contributed by atoms with Crippen LogP contribution in [-0.2, 0) is 28.2 Å². The topological polar surface area (TPSA) is 160 Å². The van der Waals surface area contributed by atoms with Gasteiger partial charge in [-0.05, 0) is 37.0 Å². The summed E-state index contributed by atoms with van der Waals surface area (Å²) < 4.78 is 24.9. The van der Waals surface area contributed by atoms with Crippen molar-refractivity contribution >= 4 is 19.8 Å². The largest absolute Gasteiger partial charge is 1.00 e. The molecule has 0 radical (unpaired) electrons. The summed E-state index contributed by atoms with van der Waals surface area (Å²) >= 11 is 0. The molecule has 1 atom stereocenters. The van der Waals surface area contributed by atoms with Crippen LogP contribution in [0.4, 0.5) is 0 Å². The number of carbonyl (C=O) groups is 2. The molecule has 3 N–H and O–H groups in total. The quantitative estimate of drug-likeness (QED) is 0.0475. The Morgan fingerprint density at radius 2 is 1.28 bits per heavy atom. The van der Waals surface area contributed by atoms with Crippen molar-refractivity contribution in [2.24, 2.45) is 0 Å². The minimum Gasteiger partial charge on any atom is -0.790 e. The van der Waals surface area contributed by atoms with Gasteiger partial charge >= 0.3 is 71.1 Å². The summed E-state index contributed by atoms with van der Waals surface area (Å²) in [6, 6.07) is 0. The summed E-state index contributed by atoms with van der Waals surface area (Å²) in [6.45, 7) is 2.56. The SMILES string of the molecule is CC#CC#CC#CC(=O)OC[C@H](COP(=O)([O-])[O-])OC(=O)CCCCCCCCCCCCCCC.N.[HH].[HH].[HH].[HH].[HH].[Na+].[Na+]. The predicted octanol–water partition coefficient (Wildman–Crippen LogP) is -0.802. The molecule has 0 aliphatic heterocycles. The number of unbranched alkanes of at least 4 members (excludes halogenated alkanes) is 12. The zero-order valence-corrected chi connectivity index (χ0v) is 29.2. The fourth-order valence-corrected chi connectivity index (χ4v) is 3.58. The third-order valence-electron chi connectivity index (χ3n) is 5.08. The summed E-state index contributed by atoms with van der Waals surface area (Å²) in [6.07, 6.45) is 14.1. The Morgan fingerprint density at radius 3 is 1.77 bits per heavy atom. The van der Waals surface area contributed by atoms with Crippen molar-refractivity contribution in [3.05, 3.63) is 0 Å². The summed E-state index contributed by atoms with van der Waals surface area (Å²) in [5.41, 5.74) is 0. The summed E-state index contributed by atoms with van der Waals surface area (Å²) in [5.74, 6) is 12.5. The van der Waals surface area contributed by atoms with Gasteiger partial charge in [-0.2, -0.15) is 0 Å². The van der Waals surface area contributed by atoms with E-state index in [0.717, 1.165) is 19.3 Å². The first-order chi connectivity index (χ1) is 17.3. The molecular formula is C27H52NNa2O8P. The molecule has 0 spiro atoms. The van der Waals surface area contributed by atoms with E-state index in [1.165, 1.54) is 57.8 Å². The average Bonchev–Trinajstić information content (AvgIpc) is 2.83. The van der Waals surface area contributed by atoms with E-state index in [2.05, 4.69) is 47.0 Å². The molecule has 220 valence electrons. The van der Waals surface area contributed by atoms with E-state index < -0.39 is 39.1 Å². The van der Waals surface area contributed by atoms with Gasteiger partial charge in [0.2, 0.25) is 0 Å². The number of phosphoric acid groups is 1. The molecule has 0 amide bonds. The molecule has 0 saturated heterocycles. The number of hydrogen-bond donors (Lipinski definition) is 1. The molecule has 0 aromatic heterocycles. The van der Waals surface area contributed by atoms with E-state index in [4.69, 9.17) is 9.47 Å². The molecule has 39 heavy (non-hydrogen) atoms. The van der Waals surface area contributed by atoms with Crippen LogP contribution >= 0.6 is 7.82 Å². The van der Waals surface area contributed by atoms with Gasteiger partial charge in [-0.25, -0.2) is 4.79 Å². The van der Waals surface area contributed by atoms with Crippen LogP contribution in [0, 0.1) is 35.5 Å². The van der Waals surface area contributed by atoms with Crippen LogP contribution in [0.1, 0.15) is 111 Å². The second-order valence-corrected chi connectivity index (χ2v) is 9.47. The van der Waals surface area contributed by atoms with Crippen LogP contribution in [0.15, 0.2) is 0 Å². The second-order valence-electron chi connectivity index (χ2n) is 8.32. The number of hydrogen-bond acceptors (Lipinski definition) is 9. The number of rotatable bonds is 20. The van der Waals surface area contributed by atoms with Crippen molar-refractivity contribution in [1.82, 2.24) is 6.15 Å². The Kier molecular flexibility index (Phi) is 37.7. The molecule has 0 fully saturated rings. The van der Waals surface area contributed by atoms with Crippen molar-refractivity contribution in [2.75, 3.05) is 13.2 Å². The Hall–Kier alpha value is -0.310. The van der Waals surface area contributed by atoms with Gasteiger partial charge in [0.05, 0.1) is 14.4 Å². The Bertz CT molecular complexity index is 885. The third-order valence-corrected chi connectivity index (χ3v) is 5.54. The van der Waals surface area contributed by atoms with Crippen LogP contribution in [-0.4, -0.2) is 31.3 Å². The zero-order valence-electron chi connectivity index (χ0n) is 24.3. The maximum absolute atomic E-state index is 12.1. The van der Waals surface area contributed by atoms with Crippen molar-refractivity contribution in [1.29, 1.82) is 0 Å². The zero-order chi connectivity index (χ0) is 26.9. The standard InChI is InChI=1S/C27H41O8P.H3N.2Na.5H2/c1-3-5-7-9-10-11-12-13-14-15-16-18-20-22-27(29)35-25(24-34-36(30,31)32)23-33-26(28)21-19-17-8-6-4-2;;;;;;;;/h25H,3,5,7,9-16,18,20,22-24H2,1-2H3,(H2,30,31,32);1H3;;;5*1H/q;;2*+1;;;;;/p-2/t25-;;;;;;;;/m1......../s1. The van der Waals surface area contributed by atoms with Crippen LogP contribution in [0.25, 0.3) is 0 Å². The first kappa shape index (κ1) is 45.7. The first-order valence-electron chi connectivity index (χ1n) is 12.7.